The van der Waals surface area contributed by atoms with Gasteiger partial charge in [0.2, 0.25) is 4.77 Å². The molecular weight excluding hydrogens is 270 g/mol. The molecule has 0 saturated heterocycles. The normalized spacial score (nSPS) is 10.6. The van der Waals surface area contributed by atoms with Crippen molar-refractivity contribution in [3.63, 3.8) is 0 Å². The molecule has 0 radical (unpaired) electrons. The van der Waals surface area contributed by atoms with E-state index >= 15 is 0 Å². The molecule has 0 aromatic carbocycles. The Morgan fingerprint density at radius 1 is 1.06 bits per heavy atom. The lowest BCUT2D eigenvalue weighted by Crippen LogP contribution is -1.92. The summed E-state index contributed by atoms with van der Waals surface area (Å²) in [6.45, 7) is 2.24. The summed E-state index contributed by atoms with van der Waals surface area (Å²) in [7, 11) is 0. The highest BCUT2D eigenvalue weighted by molar-refractivity contribution is 7.99. The van der Waals surface area contributed by atoms with Gasteiger partial charge >= 0.3 is 0 Å². The van der Waals surface area contributed by atoms with E-state index in [4.69, 9.17) is 24.4 Å². The molecule has 96 valence electrons. The zero-order chi connectivity index (χ0) is 12.5. The van der Waals surface area contributed by atoms with Gasteiger partial charge in [-0.05, 0) is 30.9 Å². The van der Waals surface area contributed by atoms with Crippen LogP contribution in [0.1, 0.15) is 45.4 Å². The van der Waals surface area contributed by atoms with Gasteiger partial charge in [-0.25, -0.2) is 0 Å². The minimum Gasteiger partial charge on any atom is -0.311 e. The van der Waals surface area contributed by atoms with Gasteiger partial charge in [0, 0.05) is 5.75 Å². The number of thioether (sulfide) groups is 1. The quantitative estimate of drug-likeness (QED) is 0.415. The van der Waals surface area contributed by atoms with Crippen molar-refractivity contribution < 1.29 is 0 Å². The van der Waals surface area contributed by atoms with Gasteiger partial charge in [0.25, 0.3) is 0 Å². The van der Waals surface area contributed by atoms with Crippen LogP contribution in [0.2, 0.25) is 0 Å². The second-order valence-corrected chi connectivity index (χ2v) is 5.80. The Balaban J connectivity index is 2.18. The summed E-state index contributed by atoms with van der Waals surface area (Å²) < 4.78 is 1.01. The van der Waals surface area contributed by atoms with Crippen molar-refractivity contribution in [3.05, 3.63) is 9.54 Å². The lowest BCUT2D eigenvalue weighted by molar-refractivity contribution is 0.626. The molecule has 1 rings (SSSR count). The maximum absolute atomic E-state index is 5.01. The molecule has 0 amide bonds. The zero-order valence-corrected chi connectivity index (χ0v) is 12.6. The van der Waals surface area contributed by atoms with E-state index < -0.39 is 0 Å². The molecule has 0 saturated carbocycles. The summed E-state index contributed by atoms with van der Waals surface area (Å²) in [6, 6.07) is 0. The second kappa shape index (κ2) is 8.83. The van der Waals surface area contributed by atoms with E-state index in [2.05, 4.69) is 21.9 Å². The highest BCUT2D eigenvalue weighted by atomic mass is 32.2. The molecule has 1 aromatic heterocycles. The maximum Gasteiger partial charge on any atom is 0.201 e. The maximum atomic E-state index is 5.01. The third-order valence-electron chi connectivity index (χ3n) is 2.38. The van der Waals surface area contributed by atoms with Crippen LogP contribution in [-0.2, 0) is 0 Å². The number of nitrogens with zero attached hydrogens (tertiary/aromatic N) is 1. The Morgan fingerprint density at radius 2 is 1.76 bits per heavy atom. The number of unbranched alkanes of at least 4 members (excludes halogenated alkanes) is 5. The van der Waals surface area contributed by atoms with Crippen molar-refractivity contribution in [2.24, 2.45) is 0 Å². The van der Waals surface area contributed by atoms with Crippen molar-refractivity contribution in [1.82, 2.24) is 15.0 Å². The fourth-order valence-electron chi connectivity index (χ4n) is 1.49. The summed E-state index contributed by atoms with van der Waals surface area (Å²) in [4.78, 5) is 9.97. The molecule has 17 heavy (non-hydrogen) atoms. The molecule has 0 bridgehead atoms. The Kier molecular flexibility index (Phi) is 7.72. The first kappa shape index (κ1) is 14.9. The monoisotopic (exact) mass is 289 g/mol. The lowest BCUT2D eigenvalue weighted by Gasteiger charge is -2.01. The number of nitrogens with one attached hydrogen (secondary N) is 2. The molecule has 0 aliphatic carbocycles. The Labute approximate surface area is 117 Å². The topological polar surface area (TPSA) is 44.5 Å². The number of H-pyrrole nitrogens is 2. The van der Waals surface area contributed by atoms with Crippen LogP contribution >= 0.6 is 36.2 Å². The van der Waals surface area contributed by atoms with Crippen molar-refractivity contribution in [2.75, 3.05) is 5.75 Å². The van der Waals surface area contributed by atoms with Crippen LogP contribution in [0, 0.1) is 9.54 Å². The Hall–Kier alpha value is -0.200. The molecule has 2 N–H and O–H groups in total. The smallest absolute Gasteiger partial charge is 0.201 e. The van der Waals surface area contributed by atoms with Crippen molar-refractivity contribution in [2.45, 2.75) is 50.6 Å². The molecule has 1 aromatic rings. The Morgan fingerprint density at radius 3 is 2.47 bits per heavy atom. The Bertz CT molecular complexity index is 396. The van der Waals surface area contributed by atoms with Gasteiger partial charge in [-0.2, -0.15) is 4.98 Å². The van der Waals surface area contributed by atoms with Crippen LogP contribution in [0.15, 0.2) is 5.16 Å². The molecule has 6 heteroatoms. The molecular formula is C11H19N3S3. The SMILES string of the molecule is CCCCCCCCSc1nc(=S)[nH]c(=S)[nH]1. The van der Waals surface area contributed by atoms with Gasteiger partial charge in [0.1, 0.15) is 0 Å². The van der Waals surface area contributed by atoms with Crippen LogP contribution in [0.4, 0.5) is 0 Å². The summed E-state index contributed by atoms with van der Waals surface area (Å²) in [5, 5.41) is 0.826. The highest BCUT2D eigenvalue weighted by Crippen LogP contribution is 2.15. The fraction of sp³-hybridized carbons (Fsp3) is 0.727. The molecule has 0 spiro atoms. The lowest BCUT2D eigenvalue weighted by atomic mass is 10.1. The van der Waals surface area contributed by atoms with Gasteiger partial charge in [-0.3, -0.25) is 0 Å². The van der Waals surface area contributed by atoms with Gasteiger partial charge in [-0.15, -0.1) is 0 Å². The van der Waals surface area contributed by atoms with E-state index in [1.807, 2.05) is 0 Å². The third kappa shape index (κ3) is 6.95. The average Bonchev–Trinajstić information content (AvgIpc) is 2.26. The molecule has 0 aliphatic rings. The van der Waals surface area contributed by atoms with Gasteiger partial charge in [-0.1, -0.05) is 50.8 Å². The first-order valence-corrected chi connectivity index (χ1v) is 7.86. The standard InChI is InChI=1S/C11H19N3S3/c1-2-3-4-5-6-7-8-17-11-13-9(15)12-10(16)14-11/h2-8H2,1H3,(H2,12,13,14,15,16). The van der Waals surface area contributed by atoms with E-state index in [1.165, 1.54) is 38.5 Å². The predicted molar refractivity (Wildman–Crippen MR) is 78.7 cm³/mol. The minimum absolute atomic E-state index is 0.458. The molecule has 0 unspecified atom stereocenters. The molecule has 0 atom stereocenters. The van der Waals surface area contributed by atoms with Crippen LogP contribution in [0.25, 0.3) is 0 Å². The summed E-state index contributed by atoms with van der Waals surface area (Å²) in [5.41, 5.74) is 0. The number of rotatable bonds is 8. The third-order valence-corrected chi connectivity index (χ3v) is 3.74. The summed E-state index contributed by atoms with van der Waals surface area (Å²) in [5.74, 6) is 1.07. The molecule has 0 aliphatic heterocycles. The first-order chi connectivity index (χ1) is 8.22. The number of aromatic nitrogens is 3. The highest BCUT2D eigenvalue weighted by Gasteiger charge is 1.97. The van der Waals surface area contributed by atoms with Crippen LogP contribution in [0.3, 0.4) is 0 Å². The average molecular weight is 289 g/mol. The number of aromatic amines is 2. The second-order valence-electron chi connectivity index (χ2n) is 3.92. The molecule has 1 heterocycles. The molecule has 0 fully saturated rings. The van der Waals surface area contributed by atoms with E-state index in [1.54, 1.807) is 11.8 Å². The van der Waals surface area contributed by atoms with Crippen LogP contribution in [0.5, 0.6) is 0 Å². The number of hydrogen-bond acceptors (Lipinski definition) is 4. The van der Waals surface area contributed by atoms with E-state index in [0.29, 0.717) is 9.54 Å². The van der Waals surface area contributed by atoms with E-state index in [-0.39, 0.29) is 0 Å². The van der Waals surface area contributed by atoms with Crippen molar-refractivity contribution in [3.8, 4) is 0 Å². The number of hydrogen-bond donors (Lipinski definition) is 2. The molecule has 3 nitrogen and oxygen atoms in total. The van der Waals surface area contributed by atoms with Crippen LogP contribution in [-0.4, -0.2) is 20.7 Å². The van der Waals surface area contributed by atoms with Gasteiger partial charge in [0.05, 0.1) is 0 Å². The van der Waals surface area contributed by atoms with Crippen LogP contribution < -0.4 is 0 Å². The zero-order valence-electron chi connectivity index (χ0n) is 10.1. The van der Waals surface area contributed by atoms with Gasteiger partial charge in [0.15, 0.2) is 9.93 Å². The minimum atomic E-state index is 0.458. The van der Waals surface area contributed by atoms with Crippen molar-refractivity contribution >= 4 is 36.2 Å². The first-order valence-electron chi connectivity index (χ1n) is 6.06. The predicted octanol–water partition coefficient (Wildman–Crippen LogP) is 4.65. The fourth-order valence-corrected chi connectivity index (χ4v) is 2.94. The van der Waals surface area contributed by atoms with Gasteiger partial charge < -0.3 is 9.97 Å². The summed E-state index contributed by atoms with van der Waals surface area (Å²) in [6.07, 6.45) is 7.88. The largest absolute Gasteiger partial charge is 0.311 e. The van der Waals surface area contributed by atoms with E-state index in [0.717, 1.165) is 10.9 Å². The van der Waals surface area contributed by atoms with Crippen molar-refractivity contribution in [1.29, 1.82) is 0 Å². The summed E-state index contributed by atoms with van der Waals surface area (Å²) >= 11 is 11.7. The van der Waals surface area contributed by atoms with E-state index in [9.17, 15) is 0 Å².